The van der Waals surface area contributed by atoms with Gasteiger partial charge in [0, 0.05) is 28.6 Å². The number of benzene rings is 1. The number of rotatable bonds is 6. The van der Waals surface area contributed by atoms with Gasteiger partial charge in [0.25, 0.3) is 5.91 Å². The zero-order chi connectivity index (χ0) is 18.5. The number of hydrogen-bond donors (Lipinski definition) is 1. The van der Waals surface area contributed by atoms with E-state index in [-0.39, 0.29) is 11.9 Å². The van der Waals surface area contributed by atoms with E-state index < -0.39 is 0 Å². The number of carbonyl (C=O) groups is 1. The number of halogens is 1. The van der Waals surface area contributed by atoms with Gasteiger partial charge in [-0.15, -0.1) is 10.2 Å². The van der Waals surface area contributed by atoms with Gasteiger partial charge in [-0.3, -0.25) is 4.79 Å². The van der Waals surface area contributed by atoms with Crippen LogP contribution in [0.4, 0.5) is 0 Å². The quantitative estimate of drug-likeness (QED) is 0.811. The smallest absolute Gasteiger partial charge is 0.251 e. The van der Waals surface area contributed by atoms with Crippen molar-refractivity contribution in [2.24, 2.45) is 17.8 Å². The van der Waals surface area contributed by atoms with Crippen LogP contribution in [0.25, 0.3) is 0 Å². The molecule has 1 heterocycles. The van der Waals surface area contributed by atoms with Gasteiger partial charge in [-0.25, -0.2) is 0 Å². The molecule has 6 heteroatoms. The highest BCUT2D eigenvalue weighted by Gasteiger charge is 2.59. The first-order valence-electron chi connectivity index (χ1n) is 10.1. The van der Waals surface area contributed by atoms with Gasteiger partial charge in [0.2, 0.25) is 0 Å². The number of carbonyl (C=O) groups excluding carboxylic acids is 1. The van der Waals surface area contributed by atoms with Gasteiger partial charge >= 0.3 is 0 Å². The Hall–Kier alpha value is -1.88. The summed E-state index contributed by atoms with van der Waals surface area (Å²) in [6.07, 6.45) is 7.81. The van der Waals surface area contributed by atoms with Crippen LogP contribution in [0.5, 0.6) is 0 Å². The summed E-state index contributed by atoms with van der Waals surface area (Å²) in [6.45, 7) is 2.17. The molecule has 2 aromatic rings. The number of hydrogen-bond acceptors (Lipinski definition) is 3. The lowest BCUT2D eigenvalue weighted by molar-refractivity contribution is 0.0927. The number of amides is 1. The Morgan fingerprint density at radius 2 is 1.96 bits per heavy atom. The fraction of sp³-hybridized carbons (Fsp3) is 0.571. The van der Waals surface area contributed by atoms with Crippen LogP contribution in [0.3, 0.4) is 0 Å². The Kier molecular flexibility index (Phi) is 4.23. The van der Waals surface area contributed by atoms with E-state index in [2.05, 4.69) is 27.0 Å². The summed E-state index contributed by atoms with van der Waals surface area (Å²) in [5, 5.41) is 12.4. The van der Waals surface area contributed by atoms with Crippen LogP contribution in [-0.4, -0.2) is 26.7 Å². The van der Waals surface area contributed by atoms with Crippen LogP contribution in [0.1, 0.15) is 67.2 Å². The van der Waals surface area contributed by atoms with Gasteiger partial charge in [-0.1, -0.05) is 18.5 Å². The Morgan fingerprint density at radius 1 is 1.26 bits per heavy atom. The van der Waals surface area contributed by atoms with Crippen LogP contribution in [0.15, 0.2) is 30.6 Å². The maximum atomic E-state index is 12.6. The number of nitrogens with zero attached hydrogens (tertiary/aromatic N) is 3. The Balaban J connectivity index is 1.21. The lowest BCUT2D eigenvalue weighted by Crippen LogP contribution is -2.37. The van der Waals surface area contributed by atoms with E-state index in [1.54, 1.807) is 24.3 Å². The lowest BCUT2D eigenvalue weighted by atomic mass is 9.98. The molecule has 1 N–H and O–H groups in total. The minimum atomic E-state index is 0.00914. The molecular formula is C21H25ClN4O. The molecular weight excluding hydrogens is 360 g/mol. The van der Waals surface area contributed by atoms with Gasteiger partial charge in [0.05, 0.1) is 0 Å². The molecule has 1 amide bonds. The van der Waals surface area contributed by atoms with Crippen molar-refractivity contribution < 1.29 is 4.79 Å². The van der Waals surface area contributed by atoms with Crippen molar-refractivity contribution >= 4 is 17.5 Å². The molecule has 5 atom stereocenters. The topological polar surface area (TPSA) is 59.8 Å². The molecule has 142 valence electrons. The second kappa shape index (κ2) is 6.62. The van der Waals surface area contributed by atoms with Crippen molar-refractivity contribution in [1.82, 2.24) is 20.1 Å². The lowest BCUT2D eigenvalue weighted by Gasteiger charge is -2.22. The summed E-state index contributed by atoms with van der Waals surface area (Å²) in [6, 6.07) is 7.92. The normalized spacial score (nSPS) is 30.0. The molecule has 1 aromatic carbocycles. The monoisotopic (exact) mass is 384 g/mol. The molecule has 1 aromatic heterocycles. The Labute approximate surface area is 164 Å². The highest BCUT2D eigenvalue weighted by atomic mass is 35.5. The molecule has 5 rings (SSSR count). The predicted molar refractivity (Wildman–Crippen MR) is 104 cm³/mol. The van der Waals surface area contributed by atoms with E-state index in [4.69, 9.17) is 11.6 Å². The standard InChI is InChI=1S/C21H25ClN4O/c1-2-18(24-21(27)13-5-7-14(22)8-6-13)19-16-9-15(10-17(16)19)26-11-23-25-20(26)12-3-4-12/h5-8,11-12,15-19H,2-4,9-10H2,1H3,(H,24,27)/t15?,16-,17+,18?,19?. The average Bonchev–Trinajstić information content (AvgIpc) is 3.53. The third kappa shape index (κ3) is 3.16. The van der Waals surface area contributed by atoms with E-state index in [0.29, 0.717) is 28.5 Å². The third-order valence-electron chi connectivity index (χ3n) is 6.75. The first kappa shape index (κ1) is 17.2. The first-order chi connectivity index (χ1) is 13.2. The summed E-state index contributed by atoms with van der Waals surface area (Å²) in [5.41, 5.74) is 0.681. The molecule has 27 heavy (non-hydrogen) atoms. The van der Waals surface area contributed by atoms with Crippen molar-refractivity contribution in [2.75, 3.05) is 0 Å². The predicted octanol–water partition coefficient (Wildman–Crippen LogP) is 4.21. The average molecular weight is 385 g/mol. The van der Waals surface area contributed by atoms with E-state index in [1.165, 1.54) is 31.5 Å². The first-order valence-corrected chi connectivity index (χ1v) is 10.5. The minimum Gasteiger partial charge on any atom is -0.349 e. The van der Waals surface area contributed by atoms with E-state index in [1.807, 2.05) is 6.33 Å². The number of fused-ring (bicyclic) bond motifs is 1. The van der Waals surface area contributed by atoms with Gasteiger partial charge < -0.3 is 9.88 Å². The summed E-state index contributed by atoms with van der Waals surface area (Å²) in [5.74, 6) is 3.90. The maximum Gasteiger partial charge on any atom is 0.251 e. The van der Waals surface area contributed by atoms with E-state index in [0.717, 1.165) is 18.3 Å². The largest absolute Gasteiger partial charge is 0.349 e. The SMILES string of the molecule is CCC(NC(=O)c1ccc(Cl)cc1)C1[C@H]2CC(n3cnnc3C3CC3)C[C@@H]12. The fourth-order valence-electron chi connectivity index (χ4n) is 5.18. The van der Waals surface area contributed by atoms with Crippen molar-refractivity contribution in [1.29, 1.82) is 0 Å². The highest BCUT2D eigenvalue weighted by molar-refractivity contribution is 6.30. The summed E-state index contributed by atoms with van der Waals surface area (Å²) < 4.78 is 2.34. The van der Waals surface area contributed by atoms with Gasteiger partial charge in [-0.05, 0) is 74.1 Å². The molecule has 3 fully saturated rings. The van der Waals surface area contributed by atoms with Crippen molar-refractivity contribution in [2.45, 2.75) is 57.0 Å². The molecule has 0 bridgehead atoms. The number of aromatic nitrogens is 3. The minimum absolute atomic E-state index is 0.00914. The zero-order valence-electron chi connectivity index (χ0n) is 15.5. The van der Waals surface area contributed by atoms with Crippen LogP contribution >= 0.6 is 11.6 Å². The molecule has 0 saturated heterocycles. The molecule has 0 radical (unpaired) electrons. The summed E-state index contributed by atoms with van der Waals surface area (Å²) in [4.78, 5) is 12.6. The molecule has 5 nitrogen and oxygen atoms in total. The van der Waals surface area contributed by atoms with Crippen LogP contribution in [0.2, 0.25) is 5.02 Å². The maximum absolute atomic E-state index is 12.6. The van der Waals surface area contributed by atoms with Gasteiger partial charge in [0.1, 0.15) is 12.2 Å². The Bertz CT molecular complexity index is 832. The van der Waals surface area contributed by atoms with Crippen molar-refractivity contribution in [3.05, 3.63) is 47.0 Å². The van der Waals surface area contributed by atoms with Crippen LogP contribution in [0, 0.1) is 17.8 Å². The third-order valence-corrected chi connectivity index (χ3v) is 7.00. The van der Waals surface area contributed by atoms with Crippen molar-refractivity contribution in [3.8, 4) is 0 Å². The molecule has 3 aliphatic rings. The highest BCUT2D eigenvalue weighted by Crippen LogP contribution is 2.63. The molecule has 3 aliphatic carbocycles. The van der Waals surface area contributed by atoms with Crippen LogP contribution in [-0.2, 0) is 0 Å². The summed E-state index contributed by atoms with van der Waals surface area (Å²) in [7, 11) is 0. The zero-order valence-corrected chi connectivity index (χ0v) is 16.3. The molecule has 0 aliphatic heterocycles. The van der Waals surface area contributed by atoms with Crippen LogP contribution < -0.4 is 5.32 Å². The van der Waals surface area contributed by atoms with Crippen molar-refractivity contribution in [3.63, 3.8) is 0 Å². The Morgan fingerprint density at radius 3 is 2.59 bits per heavy atom. The van der Waals surface area contributed by atoms with Gasteiger partial charge in [-0.2, -0.15) is 0 Å². The fourth-order valence-corrected chi connectivity index (χ4v) is 5.30. The molecule has 3 unspecified atom stereocenters. The van der Waals surface area contributed by atoms with E-state index in [9.17, 15) is 4.79 Å². The molecule has 3 saturated carbocycles. The number of nitrogens with one attached hydrogen (secondary N) is 1. The molecule has 0 spiro atoms. The second-order valence-electron chi connectivity index (χ2n) is 8.40. The second-order valence-corrected chi connectivity index (χ2v) is 8.83. The summed E-state index contributed by atoms with van der Waals surface area (Å²) >= 11 is 5.92. The van der Waals surface area contributed by atoms with Gasteiger partial charge in [0.15, 0.2) is 0 Å². The van der Waals surface area contributed by atoms with E-state index >= 15 is 0 Å².